The van der Waals surface area contributed by atoms with Crippen LogP contribution in [0.3, 0.4) is 0 Å². The Morgan fingerprint density at radius 3 is 2.71 bits per heavy atom. The molecule has 3 N–H and O–H groups in total. The van der Waals surface area contributed by atoms with Crippen LogP contribution in [0.25, 0.3) is 0 Å². The van der Waals surface area contributed by atoms with E-state index in [4.69, 9.17) is 5.11 Å². The molecule has 2 rings (SSSR count). The van der Waals surface area contributed by atoms with Crippen molar-refractivity contribution in [3.8, 4) is 0 Å². The van der Waals surface area contributed by atoms with Crippen molar-refractivity contribution in [3.63, 3.8) is 0 Å². The van der Waals surface area contributed by atoms with Gasteiger partial charge in [0.2, 0.25) is 5.91 Å². The van der Waals surface area contributed by atoms with Gasteiger partial charge in [-0.05, 0) is 19.3 Å². The topological polar surface area (TPSA) is 89.9 Å². The van der Waals surface area contributed by atoms with E-state index in [1.54, 1.807) is 4.90 Å². The molecule has 0 spiro atoms. The Kier molecular flexibility index (Phi) is 3.63. The van der Waals surface area contributed by atoms with Crippen molar-refractivity contribution in [1.82, 2.24) is 10.2 Å². The average molecular weight is 242 g/mol. The maximum absolute atomic E-state index is 12.1. The van der Waals surface area contributed by atoms with E-state index in [0.717, 1.165) is 6.42 Å². The summed E-state index contributed by atoms with van der Waals surface area (Å²) in [6.07, 6.45) is 1.33. The van der Waals surface area contributed by atoms with Crippen LogP contribution in [0.5, 0.6) is 0 Å². The maximum atomic E-state index is 12.1. The lowest BCUT2D eigenvalue weighted by atomic mass is 9.97. The van der Waals surface area contributed by atoms with Crippen molar-refractivity contribution in [2.75, 3.05) is 19.6 Å². The van der Waals surface area contributed by atoms with Crippen molar-refractivity contribution in [2.24, 2.45) is 5.92 Å². The van der Waals surface area contributed by atoms with Crippen LogP contribution in [0.4, 0.5) is 0 Å². The number of carboxylic acids is 1. The van der Waals surface area contributed by atoms with E-state index >= 15 is 0 Å². The molecule has 2 aliphatic rings. The SMILES string of the molecule is O=C(O)[C@H]1CCCN(C(=O)C2CC(O)CN2)C1. The summed E-state index contributed by atoms with van der Waals surface area (Å²) in [6.45, 7) is 1.35. The monoisotopic (exact) mass is 242 g/mol. The van der Waals surface area contributed by atoms with E-state index in [1.807, 2.05) is 0 Å². The summed E-state index contributed by atoms with van der Waals surface area (Å²) in [4.78, 5) is 24.6. The van der Waals surface area contributed by atoms with Crippen molar-refractivity contribution in [3.05, 3.63) is 0 Å². The predicted octanol–water partition coefficient (Wildman–Crippen LogP) is -0.968. The molecule has 0 bridgehead atoms. The van der Waals surface area contributed by atoms with Gasteiger partial charge in [-0.15, -0.1) is 0 Å². The third-order valence-corrected chi connectivity index (χ3v) is 3.49. The molecule has 1 amide bonds. The second-order valence-electron chi connectivity index (χ2n) is 4.81. The predicted molar refractivity (Wildman–Crippen MR) is 59.4 cm³/mol. The summed E-state index contributed by atoms with van der Waals surface area (Å²) in [5.41, 5.74) is 0. The molecule has 6 nitrogen and oxygen atoms in total. The summed E-state index contributed by atoms with van der Waals surface area (Å²) in [5.74, 6) is -1.35. The molecule has 2 saturated heterocycles. The van der Waals surface area contributed by atoms with E-state index in [0.29, 0.717) is 32.5 Å². The number of piperidine rings is 1. The summed E-state index contributed by atoms with van der Waals surface area (Å²) >= 11 is 0. The third-order valence-electron chi connectivity index (χ3n) is 3.49. The minimum atomic E-state index is -0.832. The van der Waals surface area contributed by atoms with Crippen LogP contribution in [0.15, 0.2) is 0 Å². The molecule has 0 aromatic carbocycles. The van der Waals surface area contributed by atoms with Crippen LogP contribution in [-0.4, -0.2) is 58.8 Å². The Labute approximate surface area is 99.6 Å². The van der Waals surface area contributed by atoms with Crippen LogP contribution < -0.4 is 5.32 Å². The number of nitrogens with zero attached hydrogens (tertiary/aromatic N) is 1. The quantitative estimate of drug-likeness (QED) is 0.580. The molecule has 6 heteroatoms. The van der Waals surface area contributed by atoms with Crippen molar-refractivity contribution < 1.29 is 19.8 Å². The number of nitrogens with one attached hydrogen (secondary N) is 1. The zero-order valence-electron chi connectivity index (χ0n) is 9.63. The van der Waals surface area contributed by atoms with Gasteiger partial charge in [0.15, 0.2) is 0 Å². The molecule has 17 heavy (non-hydrogen) atoms. The minimum Gasteiger partial charge on any atom is -0.481 e. The molecule has 2 fully saturated rings. The van der Waals surface area contributed by atoms with Gasteiger partial charge in [0, 0.05) is 19.6 Å². The fourth-order valence-corrected chi connectivity index (χ4v) is 2.50. The Balaban J connectivity index is 1.93. The first-order valence-electron chi connectivity index (χ1n) is 6.01. The van der Waals surface area contributed by atoms with Gasteiger partial charge in [0.1, 0.15) is 0 Å². The molecule has 3 atom stereocenters. The number of aliphatic hydroxyl groups is 1. The number of hydrogen-bond acceptors (Lipinski definition) is 4. The van der Waals surface area contributed by atoms with E-state index in [-0.39, 0.29) is 11.9 Å². The highest BCUT2D eigenvalue weighted by Gasteiger charge is 2.34. The molecular formula is C11H18N2O4. The van der Waals surface area contributed by atoms with Crippen LogP contribution >= 0.6 is 0 Å². The lowest BCUT2D eigenvalue weighted by Crippen LogP contribution is -2.49. The number of hydrogen-bond donors (Lipinski definition) is 3. The van der Waals surface area contributed by atoms with Crippen molar-refractivity contribution in [1.29, 1.82) is 0 Å². The molecule has 0 radical (unpaired) electrons. The van der Waals surface area contributed by atoms with E-state index < -0.39 is 18.0 Å². The van der Waals surface area contributed by atoms with Crippen LogP contribution in [0, 0.1) is 5.92 Å². The van der Waals surface area contributed by atoms with Gasteiger partial charge < -0.3 is 20.4 Å². The molecule has 0 aromatic heterocycles. The largest absolute Gasteiger partial charge is 0.481 e. The van der Waals surface area contributed by atoms with Gasteiger partial charge in [-0.2, -0.15) is 0 Å². The highest BCUT2D eigenvalue weighted by Crippen LogP contribution is 2.19. The normalized spacial score (nSPS) is 33.7. The van der Waals surface area contributed by atoms with Crippen LogP contribution in [0.2, 0.25) is 0 Å². The van der Waals surface area contributed by atoms with Crippen LogP contribution in [-0.2, 0) is 9.59 Å². The zero-order valence-corrected chi connectivity index (χ0v) is 9.63. The number of aliphatic hydroxyl groups excluding tert-OH is 1. The number of carbonyl (C=O) groups excluding carboxylic acids is 1. The van der Waals surface area contributed by atoms with E-state index in [1.165, 1.54) is 0 Å². The van der Waals surface area contributed by atoms with Gasteiger partial charge in [0.25, 0.3) is 0 Å². The van der Waals surface area contributed by atoms with E-state index in [9.17, 15) is 14.7 Å². The number of rotatable bonds is 2. The highest BCUT2D eigenvalue weighted by molar-refractivity contribution is 5.83. The fraction of sp³-hybridized carbons (Fsp3) is 0.818. The van der Waals surface area contributed by atoms with E-state index in [2.05, 4.69) is 5.32 Å². The smallest absolute Gasteiger partial charge is 0.308 e. The minimum absolute atomic E-state index is 0.0764. The number of aliphatic carboxylic acids is 1. The standard InChI is InChI=1S/C11H18N2O4/c14-8-4-9(12-5-8)10(15)13-3-1-2-7(6-13)11(16)17/h7-9,12,14H,1-6H2,(H,16,17)/t7-,8?,9?/m0/s1. The Morgan fingerprint density at radius 1 is 1.35 bits per heavy atom. The second kappa shape index (κ2) is 5.01. The second-order valence-corrected chi connectivity index (χ2v) is 4.81. The molecule has 2 unspecified atom stereocenters. The summed E-state index contributed by atoms with van der Waals surface area (Å²) in [6, 6.07) is -0.349. The zero-order chi connectivity index (χ0) is 12.4. The first-order chi connectivity index (χ1) is 8.08. The molecule has 2 heterocycles. The Morgan fingerprint density at radius 2 is 2.12 bits per heavy atom. The average Bonchev–Trinajstić information content (AvgIpc) is 2.75. The van der Waals surface area contributed by atoms with Gasteiger partial charge in [-0.1, -0.05) is 0 Å². The summed E-state index contributed by atoms with van der Waals surface area (Å²) in [5, 5.41) is 21.3. The van der Waals surface area contributed by atoms with Gasteiger partial charge in [0.05, 0.1) is 18.1 Å². The fourth-order valence-electron chi connectivity index (χ4n) is 2.50. The summed E-state index contributed by atoms with van der Waals surface area (Å²) < 4.78 is 0. The first-order valence-corrected chi connectivity index (χ1v) is 6.01. The Hall–Kier alpha value is -1.14. The lowest BCUT2D eigenvalue weighted by molar-refractivity contribution is -0.146. The lowest BCUT2D eigenvalue weighted by Gasteiger charge is -2.32. The van der Waals surface area contributed by atoms with Crippen LogP contribution in [0.1, 0.15) is 19.3 Å². The molecular weight excluding hydrogens is 224 g/mol. The Bertz CT molecular complexity index is 321. The molecule has 0 aromatic rings. The first kappa shape index (κ1) is 12.3. The molecule has 96 valence electrons. The van der Waals surface area contributed by atoms with Crippen molar-refractivity contribution in [2.45, 2.75) is 31.4 Å². The summed E-state index contributed by atoms with van der Waals surface area (Å²) in [7, 11) is 0. The number of carboxylic acid groups (broad SMARTS) is 1. The number of β-amino-alcohol motifs (C(OH)–C–C–N with tert-alkyl or cyclic N) is 1. The molecule has 0 saturated carbocycles. The van der Waals surface area contributed by atoms with Gasteiger partial charge in [-0.3, -0.25) is 9.59 Å². The molecule has 2 aliphatic heterocycles. The number of amides is 1. The van der Waals surface area contributed by atoms with Gasteiger partial charge in [-0.25, -0.2) is 0 Å². The number of likely N-dealkylation sites (tertiary alicyclic amines) is 1. The highest BCUT2D eigenvalue weighted by atomic mass is 16.4. The number of carbonyl (C=O) groups is 2. The van der Waals surface area contributed by atoms with Crippen molar-refractivity contribution >= 4 is 11.9 Å². The molecule has 0 aliphatic carbocycles. The van der Waals surface area contributed by atoms with Gasteiger partial charge >= 0.3 is 5.97 Å². The third kappa shape index (κ3) is 2.76. The maximum Gasteiger partial charge on any atom is 0.308 e.